The van der Waals surface area contributed by atoms with E-state index in [4.69, 9.17) is 55.9 Å². The Balaban J connectivity index is 0.000000195. The second-order valence-corrected chi connectivity index (χ2v) is 16.2. The summed E-state index contributed by atoms with van der Waals surface area (Å²) in [5.41, 5.74) is 5.94. The number of hydrogen-bond donors (Lipinski definition) is 0. The van der Waals surface area contributed by atoms with E-state index < -0.39 is 12.2 Å². The summed E-state index contributed by atoms with van der Waals surface area (Å²) >= 11 is 24.7. The zero-order chi connectivity index (χ0) is 40.8. The highest BCUT2D eigenvalue weighted by Crippen LogP contribution is 2.44. The van der Waals surface area contributed by atoms with Crippen molar-refractivity contribution in [2.45, 2.75) is 56.8 Å². The number of halogens is 4. The molecule has 0 N–H and O–H groups in total. The van der Waals surface area contributed by atoms with Crippen LogP contribution in [0.5, 0.6) is 0 Å². The maximum absolute atomic E-state index is 13.2. The van der Waals surface area contributed by atoms with Crippen LogP contribution in [0.25, 0.3) is 0 Å². The number of nitrogens with zero attached hydrogens (tertiary/aromatic N) is 2. The van der Waals surface area contributed by atoms with E-state index in [1.165, 1.54) is 0 Å². The van der Waals surface area contributed by atoms with Crippen molar-refractivity contribution in [3.63, 3.8) is 0 Å². The molecule has 2 saturated heterocycles. The van der Waals surface area contributed by atoms with Crippen molar-refractivity contribution in [3.8, 4) is 0 Å². The number of rotatable bonds is 8. The van der Waals surface area contributed by atoms with Gasteiger partial charge in [-0.15, -0.1) is 0 Å². The van der Waals surface area contributed by atoms with Crippen molar-refractivity contribution in [1.29, 1.82) is 0 Å². The van der Waals surface area contributed by atoms with Gasteiger partial charge in [0.2, 0.25) is 0 Å². The molecule has 6 nitrogen and oxygen atoms in total. The minimum Gasteiger partial charge on any atom is -0.358 e. The number of benzene rings is 6. The summed E-state index contributed by atoms with van der Waals surface area (Å²) in [5.74, 6) is -0.0702. The van der Waals surface area contributed by atoms with Crippen molar-refractivity contribution in [3.05, 3.63) is 211 Å². The molecule has 6 aromatic rings. The minimum atomic E-state index is -0.560. The molecule has 2 aliphatic rings. The standard InChI is InChI=1S/2C24H21Cl2NO2.CH4/c2*1-27-22(17-10-12-19(25)13-11-17)23(18-8-5-9-20(26)15-18)29-21(24(27)28)14-16-6-3-2-4-7-16;/h2*2-13,15,21-23H,14H2,1H3;1H4/t2*21-,22+,23-;/m10./s1. The molecule has 2 fully saturated rings. The SMILES string of the molecule is C.CN1C(=O)[C@@H](Cc2ccccc2)O[C@H](c2cccc(Cl)c2)[C@@H]1c1ccc(Cl)cc1.CN1C(=O)[C@H](Cc2ccccc2)O[C@@H](c2cccc(Cl)c2)[C@H]1c1ccc(Cl)cc1. The second kappa shape index (κ2) is 20.1. The van der Waals surface area contributed by atoms with Gasteiger partial charge >= 0.3 is 0 Å². The maximum atomic E-state index is 13.2. The van der Waals surface area contributed by atoms with E-state index in [0.29, 0.717) is 32.9 Å². The fourth-order valence-electron chi connectivity index (χ4n) is 7.69. The Kier molecular flexibility index (Phi) is 14.9. The highest BCUT2D eigenvalue weighted by atomic mass is 35.5. The average Bonchev–Trinajstić information content (AvgIpc) is 3.23. The number of carbonyl (C=O) groups is 2. The Morgan fingerprint density at radius 2 is 0.797 bits per heavy atom. The van der Waals surface area contributed by atoms with Gasteiger partial charge < -0.3 is 19.3 Å². The number of ether oxygens (including phenoxy) is 2. The van der Waals surface area contributed by atoms with Crippen LogP contribution in [0.4, 0.5) is 0 Å². The van der Waals surface area contributed by atoms with Crippen molar-refractivity contribution in [2.24, 2.45) is 0 Å². The van der Waals surface area contributed by atoms with Gasteiger partial charge in [0, 0.05) is 47.0 Å². The Morgan fingerprint density at radius 1 is 0.441 bits per heavy atom. The summed E-state index contributed by atoms with van der Waals surface area (Å²) < 4.78 is 12.9. The van der Waals surface area contributed by atoms with Gasteiger partial charge in [-0.1, -0.05) is 163 Å². The van der Waals surface area contributed by atoms with E-state index in [-0.39, 0.29) is 43.5 Å². The van der Waals surface area contributed by atoms with Crippen molar-refractivity contribution in [2.75, 3.05) is 14.1 Å². The quantitative estimate of drug-likeness (QED) is 0.153. The Bertz CT molecular complexity index is 2150. The molecule has 0 spiro atoms. The molecule has 0 saturated carbocycles. The fourth-order valence-corrected chi connectivity index (χ4v) is 8.34. The summed E-state index contributed by atoms with van der Waals surface area (Å²) in [6.07, 6.45) is -0.759. The summed E-state index contributed by atoms with van der Waals surface area (Å²) in [5, 5.41) is 2.58. The van der Waals surface area contributed by atoms with Crippen LogP contribution < -0.4 is 0 Å². The molecular weight excluding hydrogens is 822 g/mol. The van der Waals surface area contributed by atoms with Gasteiger partial charge in [0.15, 0.2) is 0 Å². The van der Waals surface area contributed by atoms with Crippen LogP contribution in [0.3, 0.4) is 0 Å². The second-order valence-electron chi connectivity index (χ2n) is 14.5. The average molecular weight is 869 g/mol. The molecule has 6 atom stereocenters. The molecule has 2 aliphatic heterocycles. The van der Waals surface area contributed by atoms with E-state index in [0.717, 1.165) is 33.4 Å². The Hall–Kier alpha value is -4.66. The number of morpholine rings is 2. The summed E-state index contributed by atoms with van der Waals surface area (Å²) in [6.45, 7) is 0. The topological polar surface area (TPSA) is 59.1 Å². The predicted molar refractivity (Wildman–Crippen MR) is 239 cm³/mol. The van der Waals surface area contributed by atoms with Gasteiger partial charge in [-0.3, -0.25) is 9.59 Å². The molecule has 59 heavy (non-hydrogen) atoms. The lowest BCUT2D eigenvalue weighted by Crippen LogP contribution is -2.49. The van der Waals surface area contributed by atoms with Gasteiger partial charge in [0.1, 0.15) is 24.4 Å². The van der Waals surface area contributed by atoms with E-state index in [2.05, 4.69) is 0 Å². The van der Waals surface area contributed by atoms with Crippen molar-refractivity contribution < 1.29 is 19.1 Å². The van der Waals surface area contributed by atoms with Gasteiger partial charge in [0.05, 0.1) is 12.1 Å². The molecule has 6 aromatic carbocycles. The van der Waals surface area contributed by atoms with Crippen LogP contribution in [0, 0.1) is 0 Å². The van der Waals surface area contributed by atoms with Crippen molar-refractivity contribution >= 4 is 58.2 Å². The molecule has 0 radical (unpaired) electrons. The smallest absolute Gasteiger partial charge is 0.252 e. The summed E-state index contributed by atoms with van der Waals surface area (Å²) in [4.78, 5) is 29.9. The van der Waals surface area contributed by atoms with Crippen LogP contribution in [-0.2, 0) is 31.9 Å². The molecule has 0 bridgehead atoms. The minimum absolute atomic E-state index is 0. The Labute approximate surface area is 367 Å². The van der Waals surface area contributed by atoms with E-state index in [9.17, 15) is 9.59 Å². The normalized spacial score (nSPS) is 21.6. The van der Waals surface area contributed by atoms with Gasteiger partial charge in [-0.2, -0.15) is 0 Å². The molecule has 0 aliphatic carbocycles. The van der Waals surface area contributed by atoms with Gasteiger partial charge in [0.25, 0.3) is 11.8 Å². The van der Waals surface area contributed by atoms with Crippen LogP contribution in [-0.4, -0.2) is 47.9 Å². The molecule has 8 rings (SSSR count). The molecule has 304 valence electrons. The molecule has 0 unspecified atom stereocenters. The fraction of sp³-hybridized carbons (Fsp3) is 0.224. The van der Waals surface area contributed by atoms with Crippen LogP contribution in [0.15, 0.2) is 158 Å². The van der Waals surface area contributed by atoms with Crippen molar-refractivity contribution in [1.82, 2.24) is 9.80 Å². The lowest BCUT2D eigenvalue weighted by Gasteiger charge is -2.43. The van der Waals surface area contributed by atoms with Crippen LogP contribution in [0.2, 0.25) is 20.1 Å². The highest BCUT2D eigenvalue weighted by molar-refractivity contribution is 6.31. The molecule has 0 aromatic heterocycles. The first kappa shape index (κ1) is 43.9. The largest absolute Gasteiger partial charge is 0.358 e. The zero-order valence-electron chi connectivity index (χ0n) is 31.9. The van der Waals surface area contributed by atoms with Crippen LogP contribution in [0.1, 0.15) is 65.1 Å². The highest BCUT2D eigenvalue weighted by Gasteiger charge is 2.43. The first-order valence-corrected chi connectivity index (χ1v) is 20.5. The number of likely N-dealkylation sites (N-methyl/N-ethyl adjacent to an activating group) is 2. The molecule has 10 heteroatoms. The third-order valence-corrected chi connectivity index (χ3v) is 11.6. The summed E-state index contributed by atoms with van der Waals surface area (Å²) in [6, 6.07) is 49.7. The lowest BCUT2D eigenvalue weighted by atomic mass is 9.91. The first-order valence-electron chi connectivity index (χ1n) is 19.0. The van der Waals surface area contributed by atoms with Gasteiger partial charge in [-0.05, 0) is 81.9 Å². The zero-order valence-corrected chi connectivity index (χ0v) is 35.0. The molecule has 2 heterocycles. The maximum Gasteiger partial charge on any atom is 0.252 e. The van der Waals surface area contributed by atoms with Gasteiger partial charge in [-0.25, -0.2) is 0 Å². The van der Waals surface area contributed by atoms with E-state index >= 15 is 0 Å². The molecular formula is C49H46Cl4N2O4. The lowest BCUT2D eigenvalue weighted by molar-refractivity contribution is -0.171. The van der Waals surface area contributed by atoms with E-state index in [1.807, 2.05) is 172 Å². The van der Waals surface area contributed by atoms with Crippen LogP contribution >= 0.6 is 46.4 Å². The third kappa shape index (κ3) is 10.6. The Morgan fingerprint density at radius 3 is 1.14 bits per heavy atom. The predicted octanol–water partition coefficient (Wildman–Crippen LogP) is 12.4. The number of carbonyl (C=O) groups excluding carboxylic acids is 2. The molecule has 2 amide bonds. The summed E-state index contributed by atoms with van der Waals surface area (Å²) in [7, 11) is 3.67. The third-order valence-electron chi connectivity index (χ3n) is 10.6. The monoisotopic (exact) mass is 866 g/mol. The van der Waals surface area contributed by atoms with E-state index in [1.54, 1.807) is 9.80 Å². The number of amides is 2. The number of hydrogen-bond acceptors (Lipinski definition) is 4. The first-order chi connectivity index (χ1) is 28.0.